The molecule has 1 atom stereocenters. The summed E-state index contributed by atoms with van der Waals surface area (Å²) in [6.07, 6.45) is 0. The van der Waals surface area contributed by atoms with Crippen LogP contribution in [-0.4, -0.2) is 43.2 Å². The maximum Gasteiger partial charge on any atom is 0.239 e. The minimum atomic E-state index is -0.291. The molecule has 1 heterocycles. The molecule has 1 N–H and O–H groups in total. The van der Waals surface area contributed by atoms with E-state index in [0.29, 0.717) is 32.8 Å². The highest BCUT2D eigenvalue weighted by atomic mass is 79.9. The monoisotopic (exact) mass is 344 g/mol. The summed E-state index contributed by atoms with van der Waals surface area (Å²) in [7, 11) is 0. The van der Waals surface area contributed by atoms with Gasteiger partial charge in [0.05, 0.1) is 13.2 Å². The van der Waals surface area contributed by atoms with E-state index in [0.717, 1.165) is 10.0 Å². The first-order chi connectivity index (χ1) is 9.61. The van der Waals surface area contributed by atoms with Gasteiger partial charge in [-0.05, 0) is 24.6 Å². The molecule has 0 bridgehead atoms. The molecule has 4 nitrogen and oxygen atoms in total. The van der Waals surface area contributed by atoms with Crippen LogP contribution < -0.4 is 5.32 Å². The quantitative estimate of drug-likeness (QED) is 0.907. The molecule has 0 aromatic heterocycles. The number of rotatable bonds is 4. The number of hydrogen-bond acceptors (Lipinski definition) is 3. The van der Waals surface area contributed by atoms with Gasteiger partial charge in [-0.3, -0.25) is 9.69 Å². The van der Waals surface area contributed by atoms with Crippen LogP contribution in [0.2, 0.25) is 0 Å². The molecule has 1 aliphatic rings. The van der Waals surface area contributed by atoms with E-state index in [1.54, 1.807) is 6.07 Å². The fraction of sp³-hybridized carbons (Fsp3) is 0.500. The van der Waals surface area contributed by atoms with Gasteiger partial charge in [0, 0.05) is 24.1 Å². The van der Waals surface area contributed by atoms with Crippen molar-refractivity contribution in [2.45, 2.75) is 19.5 Å². The first-order valence-corrected chi connectivity index (χ1v) is 7.44. The van der Waals surface area contributed by atoms with Crippen LogP contribution in [0.4, 0.5) is 4.39 Å². The number of carbonyl (C=O) groups is 1. The highest BCUT2D eigenvalue weighted by Crippen LogP contribution is 2.21. The van der Waals surface area contributed by atoms with Gasteiger partial charge in [0.2, 0.25) is 5.91 Å². The standard InChI is InChI=1S/C14H18BrFN2O2/c1-2-17-14(19)13-9-20-6-5-18(13)8-10-3-4-11(16)7-12(10)15/h3-4,7,13H,2,5-6,8-9H2,1H3,(H,17,19). The van der Waals surface area contributed by atoms with Crippen LogP contribution in [0.1, 0.15) is 12.5 Å². The SMILES string of the molecule is CCNC(=O)C1COCCN1Cc1ccc(F)cc1Br. The van der Waals surface area contributed by atoms with E-state index >= 15 is 0 Å². The van der Waals surface area contributed by atoms with Crippen molar-refractivity contribution in [3.05, 3.63) is 34.1 Å². The molecule has 0 spiro atoms. The zero-order valence-corrected chi connectivity index (χ0v) is 13.0. The van der Waals surface area contributed by atoms with Crippen molar-refractivity contribution >= 4 is 21.8 Å². The molecule has 20 heavy (non-hydrogen) atoms. The van der Waals surface area contributed by atoms with Crippen LogP contribution >= 0.6 is 15.9 Å². The topological polar surface area (TPSA) is 41.6 Å². The average Bonchev–Trinajstić information content (AvgIpc) is 2.43. The van der Waals surface area contributed by atoms with Crippen molar-refractivity contribution in [3.8, 4) is 0 Å². The van der Waals surface area contributed by atoms with Gasteiger partial charge in [-0.2, -0.15) is 0 Å². The molecule has 1 amide bonds. The first-order valence-electron chi connectivity index (χ1n) is 6.65. The zero-order chi connectivity index (χ0) is 14.5. The van der Waals surface area contributed by atoms with Crippen molar-refractivity contribution in [3.63, 3.8) is 0 Å². The van der Waals surface area contributed by atoms with Crippen molar-refractivity contribution in [2.24, 2.45) is 0 Å². The fourth-order valence-electron chi connectivity index (χ4n) is 2.23. The maximum absolute atomic E-state index is 13.1. The predicted octanol–water partition coefficient (Wildman–Crippen LogP) is 1.93. The molecule has 2 rings (SSSR count). The van der Waals surface area contributed by atoms with Gasteiger partial charge in [-0.25, -0.2) is 4.39 Å². The summed E-state index contributed by atoms with van der Waals surface area (Å²) < 4.78 is 19.2. The van der Waals surface area contributed by atoms with Crippen molar-refractivity contribution in [1.29, 1.82) is 0 Å². The third kappa shape index (κ3) is 3.77. The third-order valence-corrected chi connectivity index (χ3v) is 4.02. The van der Waals surface area contributed by atoms with Gasteiger partial charge in [0.25, 0.3) is 0 Å². The summed E-state index contributed by atoms with van der Waals surface area (Å²) in [5.41, 5.74) is 0.961. The molecule has 1 unspecified atom stereocenters. The van der Waals surface area contributed by atoms with Crippen molar-refractivity contribution in [2.75, 3.05) is 26.3 Å². The van der Waals surface area contributed by atoms with E-state index in [-0.39, 0.29) is 17.8 Å². The lowest BCUT2D eigenvalue weighted by molar-refractivity contribution is -0.132. The van der Waals surface area contributed by atoms with Crippen molar-refractivity contribution in [1.82, 2.24) is 10.2 Å². The smallest absolute Gasteiger partial charge is 0.239 e. The summed E-state index contributed by atoms with van der Waals surface area (Å²) in [4.78, 5) is 14.1. The molecule has 1 aliphatic heterocycles. The Bertz CT molecular complexity index is 484. The number of likely N-dealkylation sites (N-methyl/N-ethyl adjacent to an activating group) is 1. The number of halogens is 2. The normalized spacial score (nSPS) is 19.9. The molecule has 0 saturated carbocycles. The van der Waals surface area contributed by atoms with Crippen LogP contribution in [0.3, 0.4) is 0 Å². The molecular formula is C14H18BrFN2O2. The Hall–Kier alpha value is -0.980. The number of carbonyl (C=O) groups excluding carboxylic acids is 1. The number of benzene rings is 1. The van der Waals surface area contributed by atoms with E-state index in [1.165, 1.54) is 12.1 Å². The Kier molecular flexibility index (Phi) is 5.51. The molecule has 1 fully saturated rings. The Morgan fingerprint density at radius 3 is 3.10 bits per heavy atom. The Labute approximate surface area is 126 Å². The number of ether oxygens (including phenoxy) is 1. The second kappa shape index (κ2) is 7.15. The Morgan fingerprint density at radius 1 is 1.60 bits per heavy atom. The Balaban J connectivity index is 2.10. The number of morpholine rings is 1. The molecular weight excluding hydrogens is 327 g/mol. The third-order valence-electron chi connectivity index (χ3n) is 3.28. The van der Waals surface area contributed by atoms with Gasteiger partial charge in [-0.15, -0.1) is 0 Å². The number of nitrogens with one attached hydrogen (secondary N) is 1. The molecule has 6 heteroatoms. The lowest BCUT2D eigenvalue weighted by Gasteiger charge is -2.34. The Morgan fingerprint density at radius 2 is 2.40 bits per heavy atom. The van der Waals surface area contributed by atoms with E-state index in [9.17, 15) is 9.18 Å². The summed E-state index contributed by atoms with van der Waals surface area (Å²) in [5.74, 6) is -0.298. The highest BCUT2D eigenvalue weighted by Gasteiger charge is 2.29. The van der Waals surface area contributed by atoms with Gasteiger partial charge in [0.15, 0.2) is 0 Å². The van der Waals surface area contributed by atoms with E-state index in [4.69, 9.17) is 4.74 Å². The second-order valence-electron chi connectivity index (χ2n) is 4.69. The number of nitrogens with zero attached hydrogens (tertiary/aromatic N) is 1. The second-order valence-corrected chi connectivity index (χ2v) is 5.55. The predicted molar refractivity (Wildman–Crippen MR) is 77.8 cm³/mol. The van der Waals surface area contributed by atoms with Crippen LogP contribution in [0.15, 0.2) is 22.7 Å². The molecule has 1 saturated heterocycles. The molecule has 1 aromatic rings. The minimum Gasteiger partial charge on any atom is -0.378 e. The molecule has 1 aromatic carbocycles. The van der Waals surface area contributed by atoms with Gasteiger partial charge >= 0.3 is 0 Å². The fourth-order valence-corrected chi connectivity index (χ4v) is 2.71. The van der Waals surface area contributed by atoms with Crippen LogP contribution in [-0.2, 0) is 16.1 Å². The zero-order valence-electron chi connectivity index (χ0n) is 11.4. The maximum atomic E-state index is 13.1. The van der Waals surface area contributed by atoms with E-state index < -0.39 is 0 Å². The van der Waals surface area contributed by atoms with E-state index in [2.05, 4.69) is 26.1 Å². The average molecular weight is 345 g/mol. The van der Waals surface area contributed by atoms with Crippen LogP contribution in [0, 0.1) is 5.82 Å². The lowest BCUT2D eigenvalue weighted by atomic mass is 10.1. The summed E-state index contributed by atoms with van der Waals surface area (Å²) in [6, 6.07) is 4.32. The van der Waals surface area contributed by atoms with Crippen LogP contribution in [0.5, 0.6) is 0 Å². The summed E-state index contributed by atoms with van der Waals surface area (Å²) >= 11 is 3.36. The summed E-state index contributed by atoms with van der Waals surface area (Å²) in [5, 5.41) is 2.82. The summed E-state index contributed by atoms with van der Waals surface area (Å²) in [6.45, 7) is 4.77. The number of amides is 1. The number of hydrogen-bond donors (Lipinski definition) is 1. The largest absolute Gasteiger partial charge is 0.378 e. The molecule has 0 aliphatic carbocycles. The van der Waals surface area contributed by atoms with Crippen molar-refractivity contribution < 1.29 is 13.9 Å². The van der Waals surface area contributed by atoms with Gasteiger partial charge in [-0.1, -0.05) is 22.0 Å². The lowest BCUT2D eigenvalue weighted by Crippen LogP contribution is -2.53. The first kappa shape index (κ1) is 15.4. The van der Waals surface area contributed by atoms with Crippen LogP contribution in [0.25, 0.3) is 0 Å². The molecule has 110 valence electrons. The minimum absolute atomic E-state index is 0.0227. The molecule has 0 radical (unpaired) electrons. The van der Waals surface area contributed by atoms with Gasteiger partial charge in [0.1, 0.15) is 11.9 Å². The van der Waals surface area contributed by atoms with E-state index in [1.807, 2.05) is 6.92 Å². The van der Waals surface area contributed by atoms with Gasteiger partial charge < -0.3 is 10.1 Å². The highest BCUT2D eigenvalue weighted by molar-refractivity contribution is 9.10.